The van der Waals surface area contributed by atoms with Crippen molar-refractivity contribution in [2.75, 3.05) is 20.1 Å². The summed E-state index contributed by atoms with van der Waals surface area (Å²) >= 11 is 0. The summed E-state index contributed by atoms with van der Waals surface area (Å²) in [6.07, 6.45) is -4.92. The molecule has 6 nitrogen and oxygen atoms in total. The molecule has 11 heteroatoms. The molecule has 2 aromatic carbocycles. The highest BCUT2D eigenvalue weighted by atomic mass is 32.2. The van der Waals surface area contributed by atoms with Crippen molar-refractivity contribution in [2.24, 2.45) is 0 Å². The molecule has 0 saturated carbocycles. The lowest BCUT2D eigenvalue weighted by atomic mass is 10.1. The summed E-state index contributed by atoms with van der Waals surface area (Å²) in [5.41, 5.74) is -0.465. The first-order chi connectivity index (χ1) is 14.4. The summed E-state index contributed by atoms with van der Waals surface area (Å²) in [5.74, 6) is -2.33. The van der Waals surface area contributed by atoms with Crippen LogP contribution in [0.5, 0.6) is 5.75 Å². The summed E-state index contributed by atoms with van der Waals surface area (Å²) in [6, 6.07) is 8.11. The van der Waals surface area contributed by atoms with Crippen LogP contribution in [0.4, 0.5) is 17.6 Å². The summed E-state index contributed by atoms with van der Waals surface area (Å²) < 4.78 is 82.6. The molecule has 0 N–H and O–H groups in total. The number of sulfonamides is 1. The SMILES string of the molecule is CCN(CC)S(=O)(=O)c1ccc(F)c(C(=O)N(C)Cc2ccccc2OC(F)(F)F)c1. The van der Waals surface area contributed by atoms with E-state index >= 15 is 0 Å². The number of benzene rings is 2. The summed E-state index contributed by atoms with van der Waals surface area (Å²) in [5, 5.41) is 0. The van der Waals surface area contributed by atoms with Gasteiger partial charge in [-0.25, -0.2) is 12.8 Å². The van der Waals surface area contributed by atoms with Gasteiger partial charge in [-0.3, -0.25) is 4.79 Å². The highest BCUT2D eigenvalue weighted by Gasteiger charge is 2.32. The minimum Gasteiger partial charge on any atom is -0.405 e. The number of hydrogen-bond donors (Lipinski definition) is 0. The van der Waals surface area contributed by atoms with E-state index in [1.54, 1.807) is 13.8 Å². The number of hydrogen-bond acceptors (Lipinski definition) is 4. The van der Waals surface area contributed by atoms with Crippen molar-refractivity contribution in [3.63, 3.8) is 0 Å². The first-order valence-corrected chi connectivity index (χ1v) is 10.7. The number of halogens is 4. The Balaban J connectivity index is 2.34. The van der Waals surface area contributed by atoms with Crippen molar-refractivity contribution >= 4 is 15.9 Å². The van der Waals surface area contributed by atoms with Crippen molar-refractivity contribution in [1.29, 1.82) is 0 Å². The Morgan fingerprint density at radius 2 is 1.68 bits per heavy atom. The highest BCUT2D eigenvalue weighted by molar-refractivity contribution is 7.89. The van der Waals surface area contributed by atoms with E-state index < -0.39 is 39.4 Å². The monoisotopic (exact) mass is 462 g/mol. The Bertz CT molecular complexity index is 1040. The number of amides is 1. The number of carbonyl (C=O) groups excluding carboxylic acids is 1. The number of alkyl halides is 3. The van der Waals surface area contributed by atoms with Gasteiger partial charge in [-0.05, 0) is 24.3 Å². The first-order valence-electron chi connectivity index (χ1n) is 9.29. The van der Waals surface area contributed by atoms with Crippen LogP contribution in [-0.4, -0.2) is 50.0 Å². The van der Waals surface area contributed by atoms with Gasteiger partial charge < -0.3 is 9.64 Å². The van der Waals surface area contributed by atoms with Crippen LogP contribution in [0.15, 0.2) is 47.4 Å². The van der Waals surface area contributed by atoms with Crippen LogP contribution in [0.3, 0.4) is 0 Å². The topological polar surface area (TPSA) is 66.9 Å². The van der Waals surface area contributed by atoms with Gasteiger partial charge in [-0.15, -0.1) is 13.2 Å². The van der Waals surface area contributed by atoms with E-state index in [0.29, 0.717) is 0 Å². The molecule has 0 aromatic heterocycles. The molecule has 170 valence electrons. The average molecular weight is 462 g/mol. The van der Waals surface area contributed by atoms with Crippen LogP contribution >= 0.6 is 0 Å². The van der Waals surface area contributed by atoms with E-state index in [4.69, 9.17) is 0 Å². The highest BCUT2D eigenvalue weighted by Crippen LogP contribution is 2.27. The van der Waals surface area contributed by atoms with Gasteiger partial charge in [0, 0.05) is 32.2 Å². The van der Waals surface area contributed by atoms with Crippen molar-refractivity contribution in [2.45, 2.75) is 31.7 Å². The molecule has 2 aromatic rings. The lowest BCUT2D eigenvalue weighted by molar-refractivity contribution is -0.275. The maximum Gasteiger partial charge on any atom is 0.573 e. The minimum atomic E-state index is -4.92. The number of para-hydroxylation sites is 1. The van der Waals surface area contributed by atoms with Gasteiger partial charge in [0.05, 0.1) is 10.5 Å². The molecule has 0 unspecified atom stereocenters. The second-order valence-corrected chi connectivity index (χ2v) is 8.49. The van der Waals surface area contributed by atoms with Crippen LogP contribution in [0.2, 0.25) is 0 Å². The maximum atomic E-state index is 14.3. The Labute approximate surface area is 178 Å². The van der Waals surface area contributed by atoms with Gasteiger partial charge in [-0.1, -0.05) is 32.0 Å². The molecule has 31 heavy (non-hydrogen) atoms. The molecular formula is C20H22F4N2O4S. The molecule has 0 aliphatic carbocycles. The van der Waals surface area contributed by atoms with Crippen molar-refractivity contribution in [1.82, 2.24) is 9.21 Å². The number of rotatable bonds is 8. The van der Waals surface area contributed by atoms with Crippen LogP contribution in [0.1, 0.15) is 29.8 Å². The van der Waals surface area contributed by atoms with Gasteiger partial charge in [0.25, 0.3) is 5.91 Å². The fourth-order valence-corrected chi connectivity index (χ4v) is 4.42. The second kappa shape index (κ2) is 9.65. The fourth-order valence-electron chi connectivity index (χ4n) is 2.93. The van der Waals surface area contributed by atoms with Crippen LogP contribution in [0, 0.1) is 5.82 Å². The third-order valence-electron chi connectivity index (χ3n) is 4.46. The van der Waals surface area contributed by atoms with E-state index in [1.165, 1.54) is 25.2 Å². The van der Waals surface area contributed by atoms with E-state index in [9.17, 15) is 30.8 Å². The van der Waals surface area contributed by atoms with Crippen molar-refractivity contribution in [3.05, 3.63) is 59.4 Å². The van der Waals surface area contributed by atoms with Gasteiger partial charge >= 0.3 is 6.36 Å². The summed E-state index contributed by atoms with van der Waals surface area (Å²) in [7, 11) is -2.67. The molecule has 0 radical (unpaired) electrons. The van der Waals surface area contributed by atoms with E-state index in [-0.39, 0.29) is 30.1 Å². The Morgan fingerprint density at radius 1 is 1.06 bits per heavy atom. The molecule has 0 saturated heterocycles. The number of ether oxygens (including phenoxy) is 1. The average Bonchev–Trinajstić information content (AvgIpc) is 2.68. The molecule has 0 heterocycles. The molecule has 0 spiro atoms. The van der Waals surface area contributed by atoms with Crippen molar-refractivity contribution < 1.29 is 35.5 Å². The molecule has 0 atom stereocenters. The Kier molecular flexibility index (Phi) is 7.66. The van der Waals surface area contributed by atoms with Gasteiger partial charge in [0.15, 0.2) is 0 Å². The standard InChI is InChI=1S/C20H22F4N2O4S/c1-4-26(5-2)31(28,29)15-10-11-17(21)16(12-15)19(27)25(3)13-14-8-6-7-9-18(14)30-20(22,23)24/h6-12H,4-5,13H2,1-3H3. The largest absolute Gasteiger partial charge is 0.573 e. The van der Waals surface area contributed by atoms with E-state index in [1.807, 2.05) is 0 Å². The van der Waals surface area contributed by atoms with Crippen molar-refractivity contribution in [3.8, 4) is 5.75 Å². The normalized spacial score (nSPS) is 12.1. The summed E-state index contributed by atoms with van der Waals surface area (Å²) in [6.45, 7) is 3.35. The zero-order chi connectivity index (χ0) is 23.4. The predicted molar refractivity (Wildman–Crippen MR) is 105 cm³/mol. The Hall–Kier alpha value is -2.66. The van der Waals surface area contributed by atoms with Crippen LogP contribution in [-0.2, 0) is 16.6 Å². The van der Waals surface area contributed by atoms with Crippen LogP contribution in [0.25, 0.3) is 0 Å². The summed E-state index contributed by atoms with van der Waals surface area (Å²) in [4.78, 5) is 13.5. The molecule has 0 bridgehead atoms. The zero-order valence-electron chi connectivity index (χ0n) is 17.1. The smallest absolute Gasteiger partial charge is 0.405 e. The molecular weight excluding hydrogens is 440 g/mol. The third-order valence-corrected chi connectivity index (χ3v) is 6.51. The lowest BCUT2D eigenvalue weighted by Gasteiger charge is -2.21. The van der Waals surface area contributed by atoms with Gasteiger partial charge in [0.2, 0.25) is 10.0 Å². The quantitative estimate of drug-likeness (QED) is 0.556. The second-order valence-electron chi connectivity index (χ2n) is 6.55. The minimum absolute atomic E-state index is 0.0444. The Morgan fingerprint density at radius 3 is 2.26 bits per heavy atom. The lowest BCUT2D eigenvalue weighted by Crippen LogP contribution is -2.31. The maximum absolute atomic E-state index is 14.3. The molecule has 0 fully saturated rings. The molecule has 2 rings (SSSR count). The number of carbonyl (C=O) groups is 1. The molecule has 0 aliphatic heterocycles. The van der Waals surface area contributed by atoms with Gasteiger partial charge in [0.1, 0.15) is 11.6 Å². The third kappa shape index (κ3) is 5.95. The number of nitrogens with zero attached hydrogens (tertiary/aromatic N) is 2. The fraction of sp³-hybridized carbons (Fsp3) is 0.350. The van der Waals surface area contributed by atoms with E-state index in [2.05, 4.69) is 4.74 Å². The molecule has 0 aliphatic rings. The first kappa shape index (κ1) is 24.6. The van der Waals surface area contributed by atoms with Crippen LogP contribution < -0.4 is 4.74 Å². The predicted octanol–water partition coefficient (Wildman–Crippen LogP) is 4.03. The zero-order valence-corrected chi connectivity index (χ0v) is 17.9. The van der Waals surface area contributed by atoms with E-state index in [0.717, 1.165) is 33.5 Å². The molecule has 1 amide bonds. The van der Waals surface area contributed by atoms with Gasteiger partial charge in [-0.2, -0.15) is 4.31 Å².